The average molecular weight is 273 g/mol. The highest BCUT2D eigenvalue weighted by Crippen LogP contribution is 2.27. The lowest BCUT2D eigenvalue weighted by Gasteiger charge is -2.29. The molecule has 7 nitrogen and oxygen atoms in total. The van der Waals surface area contributed by atoms with Crippen LogP contribution in [0.1, 0.15) is 5.82 Å². The Bertz CT molecular complexity index is 667. The molecule has 0 radical (unpaired) electrons. The molecule has 1 aliphatic rings. The normalized spacial score (nSPS) is 15.6. The number of rotatable bonds is 2. The standard InChI is InChI=1S/C13H15N5O2/c1-9-15-12-3-2-10(18(19)20)8-11(12)13(16-9)17-6-4-14-5-7-17/h2-3,8,14H,4-7H2,1H3. The van der Waals surface area contributed by atoms with Crippen LogP contribution in [0.2, 0.25) is 0 Å². The molecule has 2 aromatic rings. The molecule has 0 aliphatic carbocycles. The van der Waals surface area contributed by atoms with E-state index in [0.717, 1.165) is 42.9 Å². The molecule has 1 aliphatic heterocycles. The van der Waals surface area contributed by atoms with Gasteiger partial charge in [0.25, 0.3) is 5.69 Å². The molecule has 2 heterocycles. The molecule has 0 atom stereocenters. The van der Waals surface area contributed by atoms with Crippen molar-refractivity contribution in [3.05, 3.63) is 34.1 Å². The van der Waals surface area contributed by atoms with Crippen molar-refractivity contribution in [1.82, 2.24) is 15.3 Å². The fraction of sp³-hybridized carbons (Fsp3) is 0.385. The van der Waals surface area contributed by atoms with Gasteiger partial charge in [0.1, 0.15) is 11.6 Å². The number of nitro benzene ring substituents is 1. The molecule has 1 saturated heterocycles. The van der Waals surface area contributed by atoms with E-state index in [1.54, 1.807) is 12.1 Å². The first-order chi connectivity index (χ1) is 9.65. The number of nitrogens with one attached hydrogen (secondary N) is 1. The predicted molar refractivity (Wildman–Crippen MR) is 76.0 cm³/mol. The molecule has 0 spiro atoms. The van der Waals surface area contributed by atoms with E-state index in [1.165, 1.54) is 6.07 Å². The summed E-state index contributed by atoms with van der Waals surface area (Å²) >= 11 is 0. The minimum Gasteiger partial charge on any atom is -0.353 e. The SMILES string of the molecule is Cc1nc(N2CCNCC2)c2cc([N+](=O)[O-])ccc2n1. The molecule has 0 saturated carbocycles. The summed E-state index contributed by atoms with van der Waals surface area (Å²) in [5.41, 5.74) is 0.818. The number of hydrogen-bond donors (Lipinski definition) is 1. The van der Waals surface area contributed by atoms with Crippen LogP contribution >= 0.6 is 0 Å². The summed E-state index contributed by atoms with van der Waals surface area (Å²) in [6, 6.07) is 4.73. The first-order valence-corrected chi connectivity index (χ1v) is 6.53. The number of benzene rings is 1. The number of piperazine rings is 1. The van der Waals surface area contributed by atoms with E-state index >= 15 is 0 Å². The Balaban J connectivity index is 2.16. The summed E-state index contributed by atoms with van der Waals surface area (Å²) in [7, 11) is 0. The Hall–Kier alpha value is -2.28. The first kappa shape index (κ1) is 12.7. The molecular weight excluding hydrogens is 258 g/mol. The number of aromatic nitrogens is 2. The molecule has 0 unspecified atom stereocenters. The lowest BCUT2D eigenvalue weighted by molar-refractivity contribution is -0.384. The molecule has 1 aromatic heterocycles. The lowest BCUT2D eigenvalue weighted by atomic mass is 10.2. The van der Waals surface area contributed by atoms with Gasteiger partial charge in [0.05, 0.1) is 10.4 Å². The summed E-state index contributed by atoms with van der Waals surface area (Å²) in [5, 5.41) is 15.0. The van der Waals surface area contributed by atoms with Gasteiger partial charge in [-0.05, 0) is 13.0 Å². The van der Waals surface area contributed by atoms with E-state index in [0.29, 0.717) is 5.82 Å². The van der Waals surface area contributed by atoms with Gasteiger partial charge in [0.2, 0.25) is 0 Å². The second-order valence-corrected chi connectivity index (χ2v) is 4.79. The second-order valence-electron chi connectivity index (χ2n) is 4.79. The number of hydrogen-bond acceptors (Lipinski definition) is 6. The van der Waals surface area contributed by atoms with Gasteiger partial charge in [0.15, 0.2) is 0 Å². The fourth-order valence-corrected chi connectivity index (χ4v) is 2.44. The monoisotopic (exact) mass is 273 g/mol. The largest absolute Gasteiger partial charge is 0.353 e. The van der Waals surface area contributed by atoms with Crippen molar-refractivity contribution in [3.8, 4) is 0 Å². The Morgan fingerprint density at radius 2 is 2.05 bits per heavy atom. The zero-order chi connectivity index (χ0) is 14.1. The number of nitrogens with zero attached hydrogens (tertiary/aromatic N) is 4. The Morgan fingerprint density at radius 1 is 1.30 bits per heavy atom. The topological polar surface area (TPSA) is 84.2 Å². The summed E-state index contributed by atoms with van der Waals surface area (Å²) in [4.78, 5) is 21.5. The van der Waals surface area contributed by atoms with Gasteiger partial charge < -0.3 is 10.2 Å². The number of non-ortho nitro benzene ring substituents is 1. The van der Waals surface area contributed by atoms with Gasteiger partial charge in [-0.15, -0.1) is 0 Å². The predicted octanol–water partition coefficient (Wildman–Crippen LogP) is 1.26. The maximum atomic E-state index is 10.9. The van der Waals surface area contributed by atoms with Gasteiger partial charge in [-0.3, -0.25) is 10.1 Å². The van der Waals surface area contributed by atoms with Crippen LogP contribution in [-0.4, -0.2) is 41.1 Å². The quantitative estimate of drug-likeness (QED) is 0.655. The smallest absolute Gasteiger partial charge is 0.270 e. The van der Waals surface area contributed by atoms with Gasteiger partial charge in [-0.2, -0.15) is 0 Å². The van der Waals surface area contributed by atoms with E-state index in [9.17, 15) is 10.1 Å². The summed E-state index contributed by atoms with van der Waals surface area (Å²) < 4.78 is 0. The maximum Gasteiger partial charge on any atom is 0.270 e. The molecule has 1 fully saturated rings. The van der Waals surface area contributed by atoms with Crippen LogP contribution < -0.4 is 10.2 Å². The van der Waals surface area contributed by atoms with E-state index in [2.05, 4.69) is 20.2 Å². The number of fused-ring (bicyclic) bond motifs is 1. The number of nitro groups is 1. The summed E-state index contributed by atoms with van der Waals surface area (Å²) in [6.45, 7) is 5.30. The molecule has 7 heteroatoms. The third-order valence-corrected chi connectivity index (χ3v) is 3.40. The first-order valence-electron chi connectivity index (χ1n) is 6.53. The van der Waals surface area contributed by atoms with Crippen molar-refractivity contribution >= 4 is 22.4 Å². The molecule has 0 bridgehead atoms. The van der Waals surface area contributed by atoms with E-state index in [1.807, 2.05) is 6.92 Å². The minimum atomic E-state index is -0.388. The summed E-state index contributed by atoms with van der Waals surface area (Å²) in [5.74, 6) is 1.47. The van der Waals surface area contributed by atoms with Crippen LogP contribution in [0.4, 0.5) is 11.5 Å². The highest BCUT2D eigenvalue weighted by Gasteiger charge is 2.18. The average Bonchev–Trinajstić information content (AvgIpc) is 2.46. The van der Waals surface area contributed by atoms with E-state index < -0.39 is 0 Å². The van der Waals surface area contributed by atoms with Crippen LogP contribution in [0, 0.1) is 17.0 Å². The number of aryl methyl sites for hydroxylation is 1. The highest BCUT2D eigenvalue weighted by atomic mass is 16.6. The third kappa shape index (κ3) is 2.27. The van der Waals surface area contributed by atoms with Crippen molar-refractivity contribution in [3.63, 3.8) is 0 Å². The molecule has 1 aromatic carbocycles. The van der Waals surface area contributed by atoms with Crippen LogP contribution in [-0.2, 0) is 0 Å². The van der Waals surface area contributed by atoms with Crippen LogP contribution in [0.5, 0.6) is 0 Å². The van der Waals surface area contributed by atoms with Gasteiger partial charge >= 0.3 is 0 Å². The zero-order valence-electron chi connectivity index (χ0n) is 11.2. The lowest BCUT2D eigenvalue weighted by Crippen LogP contribution is -2.44. The van der Waals surface area contributed by atoms with Gasteiger partial charge in [-0.1, -0.05) is 0 Å². The van der Waals surface area contributed by atoms with Crippen LogP contribution in [0.25, 0.3) is 10.9 Å². The third-order valence-electron chi connectivity index (χ3n) is 3.40. The Kier molecular flexibility index (Phi) is 3.19. The Morgan fingerprint density at radius 3 is 2.75 bits per heavy atom. The Labute approximate surface area is 115 Å². The van der Waals surface area contributed by atoms with Crippen LogP contribution in [0.15, 0.2) is 18.2 Å². The van der Waals surface area contributed by atoms with Crippen molar-refractivity contribution in [2.45, 2.75) is 6.92 Å². The zero-order valence-corrected chi connectivity index (χ0v) is 11.2. The van der Waals surface area contributed by atoms with Crippen molar-refractivity contribution in [1.29, 1.82) is 0 Å². The molecule has 1 N–H and O–H groups in total. The molecule has 3 rings (SSSR count). The molecule has 0 amide bonds. The minimum absolute atomic E-state index is 0.0707. The van der Waals surface area contributed by atoms with Gasteiger partial charge in [0, 0.05) is 43.7 Å². The molecule has 20 heavy (non-hydrogen) atoms. The molecular formula is C13H15N5O2. The van der Waals surface area contributed by atoms with Crippen LogP contribution in [0.3, 0.4) is 0 Å². The van der Waals surface area contributed by atoms with E-state index in [4.69, 9.17) is 0 Å². The summed E-state index contributed by atoms with van der Waals surface area (Å²) in [6.07, 6.45) is 0. The van der Waals surface area contributed by atoms with Crippen molar-refractivity contribution in [2.75, 3.05) is 31.1 Å². The molecule has 104 valence electrons. The van der Waals surface area contributed by atoms with Crippen molar-refractivity contribution < 1.29 is 4.92 Å². The van der Waals surface area contributed by atoms with E-state index in [-0.39, 0.29) is 10.6 Å². The number of anilines is 1. The van der Waals surface area contributed by atoms with Crippen molar-refractivity contribution in [2.24, 2.45) is 0 Å². The van der Waals surface area contributed by atoms with Gasteiger partial charge in [-0.25, -0.2) is 9.97 Å². The highest BCUT2D eigenvalue weighted by molar-refractivity contribution is 5.91. The fourth-order valence-electron chi connectivity index (χ4n) is 2.44. The maximum absolute atomic E-state index is 10.9. The second kappa shape index (κ2) is 5.01.